The van der Waals surface area contributed by atoms with Crippen LogP contribution in [0.2, 0.25) is 0 Å². The molecule has 1 amide bonds. The van der Waals surface area contributed by atoms with Crippen LogP contribution in [0.4, 0.5) is 0 Å². The van der Waals surface area contributed by atoms with Gasteiger partial charge in [-0.2, -0.15) is 0 Å². The van der Waals surface area contributed by atoms with Gasteiger partial charge in [-0.05, 0) is 48.6 Å². The quantitative estimate of drug-likeness (QED) is 0.836. The van der Waals surface area contributed by atoms with Crippen molar-refractivity contribution in [3.8, 4) is 0 Å². The summed E-state index contributed by atoms with van der Waals surface area (Å²) in [5, 5.41) is 3.03. The number of nitrogens with one attached hydrogen (secondary N) is 1. The highest BCUT2D eigenvalue weighted by Crippen LogP contribution is 2.41. The maximum atomic E-state index is 12.6. The lowest BCUT2D eigenvalue weighted by Crippen LogP contribution is -2.49. The van der Waals surface area contributed by atoms with Crippen molar-refractivity contribution in [2.75, 3.05) is 6.26 Å². The van der Waals surface area contributed by atoms with Gasteiger partial charge in [-0.15, -0.1) is 0 Å². The third-order valence-corrected chi connectivity index (χ3v) is 6.53. The van der Waals surface area contributed by atoms with Gasteiger partial charge in [-0.25, -0.2) is 8.42 Å². The standard InChI is InChI=1S/C19H28N2O3S/c1-25(23,24)12-14-5-2-4-13(8-14)11-21-19(22)17-9-15-6-3-7-16(10-17)18(15)20/h2,4-5,8,15-18H,3,6-7,9-12,20H2,1H3,(H,21,22). The molecular weight excluding hydrogens is 336 g/mol. The molecule has 2 saturated carbocycles. The van der Waals surface area contributed by atoms with Crippen LogP contribution >= 0.6 is 0 Å². The van der Waals surface area contributed by atoms with Crippen molar-refractivity contribution < 1.29 is 13.2 Å². The first-order valence-corrected chi connectivity index (χ1v) is 11.2. The Morgan fingerprint density at radius 1 is 1.20 bits per heavy atom. The van der Waals surface area contributed by atoms with Crippen molar-refractivity contribution in [2.45, 2.75) is 50.4 Å². The van der Waals surface area contributed by atoms with Crippen LogP contribution < -0.4 is 11.1 Å². The summed E-state index contributed by atoms with van der Waals surface area (Å²) in [6.07, 6.45) is 6.57. The molecule has 138 valence electrons. The molecule has 0 spiro atoms. The predicted molar refractivity (Wildman–Crippen MR) is 98.4 cm³/mol. The molecule has 5 nitrogen and oxygen atoms in total. The number of carbonyl (C=O) groups is 1. The molecule has 3 rings (SSSR count). The molecule has 0 heterocycles. The van der Waals surface area contributed by atoms with Gasteiger partial charge in [0.25, 0.3) is 0 Å². The van der Waals surface area contributed by atoms with Crippen LogP contribution in [0.3, 0.4) is 0 Å². The summed E-state index contributed by atoms with van der Waals surface area (Å²) in [4.78, 5) is 12.6. The number of nitrogens with two attached hydrogens (primary N) is 1. The molecule has 1 aromatic rings. The largest absolute Gasteiger partial charge is 0.352 e. The Kier molecular flexibility index (Phi) is 5.49. The lowest BCUT2D eigenvalue weighted by Gasteiger charge is -2.43. The Labute approximate surface area is 150 Å². The second kappa shape index (κ2) is 7.46. The predicted octanol–water partition coefficient (Wildman–Crippen LogP) is 2.00. The van der Waals surface area contributed by atoms with Gasteiger partial charge in [-0.1, -0.05) is 30.7 Å². The smallest absolute Gasteiger partial charge is 0.223 e. The Morgan fingerprint density at radius 3 is 2.48 bits per heavy atom. The van der Waals surface area contributed by atoms with Gasteiger partial charge in [0.2, 0.25) is 5.91 Å². The molecule has 2 aliphatic rings. The second-order valence-corrected chi connectivity index (χ2v) is 9.94. The van der Waals surface area contributed by atoms with Crippen molar-refractivity contribution in [3.05, 3.63) is 35.4 Å². The molecule has 0 saturated heterocycles. The molecule has 1 aromatic carbocycles. The van der Waals surface area contributed by atoms with Crippen LogP contribution in [0, 0.1) is 17.8 Å². The maximum Gasteiger partial charge on any atom is 0.223 e. The minimum atomic E-state index is -3.06. The highest BCUT2D eigenvalue weighted by atomic mass is 32.2. The van der Waals surface area contributed by atoms with E-state index >= 15 is 0 Å². The van der Waals surface area contributed by atoms with E-state index in [0.29, 0.717) is 18.4 Å². The molecule has 6 heteroatoms. The third-order valence-electron chi connectivity index (χ3n) is 5.67. The molecule has 0 radical (unpaired) electrons. The molecule has 2 unspecified atom stereocenters. The monoisotopic (exact) mass is 364 g/mol. The van der Waals surface area contributed by atoms with Gasteiger partial charge in [0, 0.05) is 24.8 Å². The highest BCUT2D eigenvalue weighted by molar-refractivity contribution is 7.89. The number of hydrogen-bond donors (Lipinski definition) is 2. The van der Waals surface area contributed by atoms with Gasteiger partial charge in [0.1, 0.15) is 0 Å². The summed E-state index contributed by atoms with van der Waals surface area (Å²) < 4.78 is 22.9. The van der Waals surface area contributed by atoms with Gasteiger partial charge < -0.3 is 11.1 Å². The van der Waals surface area contributed by atoms with E-state index in [1.807, 2.05) is 18.2 Å². The van der Waals surface area contributed by atoms with Crippen molar-refractivity contribution in [1.29, 1.82) is 0 Å². The first kappa shape index (κ1) is 18.4. The van der Waals surface area contributed by atoms with Crippen molar-refractivity contribution in [1.82, 2.24) is 5.32 Å². The number of sulfone groups is 1. The van der Waals surface area contributed by atoms with Crippen molar-refractivity contribution in [2.24, 2.45) is 23.5 Å². The molecule has 2 aliphatic carbocycles. The second-order valence-electron chi connectivity index (χ2n) is 7.80. The van der Waals surface area contributed by atoms with E-state index in [9.17, 15) is 13.2 Å². The average molecular weight is 365 g/mol. The van der Waals surface area contributed by atoms with Gasteiger partial charge in [-0.3, -0.25) is 4.79 Å². The van der Waals surface area contributed by atoms with E-state index in [1.54, 1.807) is 6.07 Å². The number of rotatable bonds is 5. The zero-order valence-electron chi connectivity index (χ0n) is 14.8. The zero-order valence-corrected chi connectivity index (χ0v) is 15.6. The lowest BCUT2D eigenvalue weighted by molar-refractivity contribution is -0.128. The van der Waals surface area contributed by atoms with E-state index < -0.39 is 9.84 Å². The Morgan fingerprint density at radius 2 is 1.84 bits per heavy atom. The van der Waals surface area contributed by atoms with Crippen LogP contribution in [0.1, 0.15) is 43.2 Å². The average Bonchev–Trinajstić information content (AvgIpc) is 2.51. The number of amides is 1. The summed E-state index contributed by atoms with van der Waals surface area (Å²) in [5.74, 6) is 1.17. The van der Waals surface area contributed by atoms with Crippen LogP contribution in [-0.4, -0.2) is 26.6 Å². The number of carbonyl (C=O) groups excluding carboxylic acids is 1. The molecule has 25 heavy (non-hydrogen) atoms. The molecule has 2 atom stereocenters. The summed E-state index contributed by atoms with van der Waals surface area (Å²) in [5.41, 5.74) is 7.99. The van der Waals surface area contributed by atoms with Crippen LogP contribution in [0.25, 0.3) is 0 Å². The fourth-order valence-corrected chi connectivity index (χ4v) is 5.25. The number of fused-ring (bicyclic) bond motifs is 2. The van der Waals surface area contributed by atoms with Crippen LogP contribution in [0.15, 0.2) is 24.3 Å². The molecule has 2 bridgehead atoms. The molecule has 2 fully saturated rings. The van der Waals surface area contributed by atoms with Crippen molar-refractivity contribution in [3.63, 3.8) is 0 Å². The Hall–Kier alpha value is -1.40. The normalized spacial score (nSPS) is 29.2. The first-order chi connectivity index (χ1) is 11.8. The first-order valence-electron chi connectivity index (χ1n) is 9.10. The summed E-state index contributed by atoms with van der Waals surface area (Å²) >= 11 is 0. The fraction of sp³-hybridized carbons (Fsp3) is 0.632. The van der Waals surface area contributed by atoms with Crippen molar-refractivity contribution >= 4 is 15.7 Å². The molecule has 0 aliphatic heterocycles. The topological polar surface area (TPSA) is 89.3 Å². The summed E-state index contributed by atoms with van der Waals surface area (Å²) in [6, 6.07) is 7.68. The fourth-order valence-electron chi connectivity index (χ4n) is 4.47. The number of benzene rings is 1. The van der Waals surface area contributed by atoms with E-state index in [0.717, 1.165) is 36.8 Å². The van der Waals surface area contributed by atoms with E-state index in [2.05, 4.69) is 5.32 Å². The summed E-state index contributed by atoms with van der Waals surface area (Å²) in [7, 11) is -3.06. The molecule has 3 N–H and O–H groups in total. The van der Waals surface area contributed by atoms with E-state index in [1.165, 1.54) is 12.7 Å². The van der Waals surface area contributed by atoms with E-state index in [-0.39, 0.29) is 23.6 Å². The van der Waals surface area contributed by atoms with Gasteiger partial charge in [0.15, 0.2) is 9.84 Å². The Balaban J connectivity index is 1.57. The summed E-state index contributed by atoms with van der Waals surface area (Å²) in [6.45, 7) is 0.439. The maximum absolute atomic E-state index is 12.6. The lowest BCUT2D eigenvalue weighted by atomic mass is 9.65. The number of hydrogen-bond acceptors (Lipinski definition) is 4. The zero-order chi connectivity index (χ0) is 18.0. The highest BCUT2D eigenvalue weighted by Gasteiger charge is 2.40. The minimum Gasteiger partial charge on any atom is -0.352 e. The Bertz CT molecular complexity index is 718. The van der Waals surface area contributed by atoms with E-state index in [4.69, 9.17) is 5.73 Å². The SMILES string of the molecule is CS(=O)(=O)Cc1cccc(CNC(=O)C2CC3CCCC(C2)C3N)c1. The molecular formula is C19H28N2O3S. The van der Waals surface area contributed by atoms with Crippen LogP contribution in [0.5, 0.6) is 0 Å². The minimum absolute atomic E-state index is 0.0264. The molecule has 0 aromatic heterocycles. The van der Waals surface area contributed by atoms with Gasteiger partial charge >= 0.3 is 0 Å². The third kappa shape index (κ3) is 4.82. The van der Waals surface area contributed by atoms with Crippen LogP contribution in [-0.2, 0) is 26.9 Å². The van der Waals surface area contributed by atoms with Gasteiger partial charge in [0.05, 0.1) is 5.75 Å².